The van der Waals surface area contributed by atoms with Gasteiger partial charge in [-0.25, -0.2) is 0 Å². The molecule has 18 heavy (non-hydrogen) atoms. The van der Waals surface area contributed by atoms with Crippen LogP contribution in [-0.2, 0) is 23.8 Å². The molecule has 4 nitrogen and oxygen atoms in total. The lowest BCUT2D eigenvalue weighted by atomic mass is 9.90. The molecule has 1 aromatic heterocycles. The molecule has 1 aliphatic heterocycles. The van der Waals surface area contributed by atoms with Crippen LogP contribution in [0.1, 0.15) is 4.88 Å². The third-order valence-electron chi connectivity index (χ3n) is 2.79. The molecular formula is C12H12O4S2. The van der Waals surface area contributed by atoms with Gasteiger partial charge in [-0.05, 0) is 16.9 Å². The second kappa shape index (κ2) is 5.16. The van der Waals surface area contributed by atoms with Crippen LogP contribution in [0.4, 0.5) is 0 Å². The first-order valence-electron chi connectivity index (χ1n) is 5.21. The van der Waals surface area contributed by atoms with Gasteiger partial charge in [-0.1, -0.05) is 12.1 Å². The van der Waals surface area contributed by atoms with Crippen LogP contribution in [0.5, 0.6) is 0 Å². The summed E-state index contributed by atoms with van der Waals surface area (Å²) >= 11 is 2.71. The molecule has 2 heterocycles. The summed E-state index contributed by atoms with van der Waals surface area (Å²) in [6.07, 6.45) is 1.69. The van der Waals surface area contributed by atoms with Crippen molar-refractivity contribution in [1.82, 2.24) is 0 Å². The van der Waals surface area contributed by atoms with Crippen LogP contribution >= 0.6 is 23.1 Å². The summed E-state index contributed by atoms with van der Waals surface area (Å²) in [6, 6.07) is 3.68. The van der Waals surface area contributed by atoms with Crippen molar-refractivity contribution >= 4 is 35.0 Å². The zero-order valence-electron chi connectivity index (χ0n) is 9.91. The molecule has 96 valence electrons. The SMILES string of the molecule is COC(=O)C1C=CSC1(C(=O)OC)c1cccs1. The first-order valence-corrected chi connectivity index (χ1v) is 6.97. The van der Waals surface area contributed by atoms with Gasteiger partial charge in [0.25, 0.3) is 0 Å². The van der Waals surface area contributed by atoms with Crippen molar-refractivity contribution in [2.24, 2.45) is 5.92 Å². The quantitative estimate of drug-likeness (QED) is 0.796. The zero-order valence-corrected chi connectivity index (χ0v) is 11.5. The summed E-state index contributed by atoms with van der Waals surface area (Å²) in [5.41, 5.74) is 0. The highest BCUT2D eigenvalue weighted by molar-refractivity contribution is 8.04. The molecule has 0 fully saturated rings. The third-order valence-corrected chi connectivity index (χ3v) is 5.23. The van der Waals surface area contributed by atoms with Gasteiger partial charge in [0, 0.05) is 4.88 Å². The Kier molecular flexibility index (Phi) is 3.77. The fourth-order valence-electron chi connectivity index (χ4n) is 1.93. The standard InChI is InChI=1S/C12H12O4S2/c1-15-10(13)8-5-7-18-12(8,11(14)16-2)9-4-3-6-17-9/h3-8H,1-2H3. The van der Waals surface area contributed by atoms with Gasteiger partial charge in [0.1, 0.15) is 5.92 Å². The Balaban J connectivity index is 2.50. The van der Waals surface area contributed by atoms with Crippen molar-refractivity contribution in [3.63, 3.8) is 0 Å². The van der Waals surface area contributed by atoms with Crippen LogP contribution in [0.15, 0.2) is 29.0 Å². The molecule has 0 aliphatic carbocycles. The molecule has 0 radical (unpaired) electrons. The normalized spacial score (nSPS) is 26.0. The van der Waals surface area contributed by atoms with Gasteiger partial charge >= 0.3 is 11.9 Å². The predicted molar refractivity (Wildman–Crippen MR) is 70.3 cm³/mol. The summed E-state index contributed by atoms with van der Waals surface area (Å²) in [7, 11) is 2.64. The summed E-state index contributed by atoms with van der Waals surface area (Å²) in [4.78, 5) is 24.8. The third kappa shape index (κ3) is 1.85. The van der Waals surface area contributed by atoms with Crippen LogP contribution in [0.25, 0.3) is 0 Å². The van der Waals surface area contributed by atoms with Crippen molar-refractivity contribution in [1.29, 1.82) is 0 Å². The van der Waals surface area contributed by atoms with E-state index in [-0.39, 0.29) is 0 Å². The van der Waals surface area contributed by atoms with Gasteiger partial charge in [0.15, 0.2) is 4.75 Å². The van der Waals surface area contributed by atoms with Gasteiger partial charge in [-0.3, -0.25) is 9.59 Å². The van der Waals surface area contributed by atoms with Gasteiger partial charge < -0.3 is 9.47 Å². The zero-order chi connectivity index (χ0) is 13.2. The van der Waals surface area contributed by atoms with E-state index in [2.05, 4.69) is 0 Å². The monoisotopic (exact) mass is 284 g/mol. The van der Waals surface area contributed by atoms with Crippen LogP contribution in [-0.4, -0.2) is 26.2 Å². The minimum Gasteiger partial charge on any atom is -0.469 e. The summed E-state index contributed by atoms with van der Waals surface area (Å²) in [6.45, 7) is 0. The number of thioether (sulfide) groups is 1. The molecule has 1 aliphatic rings. The number of ether oxygens (including phenoxy) is 2. The molecule has 1 aromatic rings. The number of carbonyl (C=O) groups excluding carboxylic acids is 2. The molecule has 0 saturated heterocycles. The maximum absolute atomic E-state index is 12.2. The van der Waals surface area contributed by atoms with Crippen molar-refractivity contribution in [2.45, 2.75) is 4.75 Å². The van der Waals surface area contributed by atoms with E-state index in [1.165, 1.54) is 37.3 Å². The number of carbonyl (C=O) groups is 2. The first kappa shape index (κ1) is 13.2. The highest BCUT2D eigenvalue weighted by Gasteiger charge is 2.54. The first-order chi connectivity index (χ1) is 8.66. The van der Waals surface area contributed by atoms with E-state index in [1.54, 1.807) is 11.5 Å². The van der Waals surface area contributed by atoms with E-state index < -0.39 is 22.6 Å². The molecule has 0 N–H and O–H groups in total. The van der Waals surface area contributed by atoms with Crippen LogP contribution < -0.4 is 0 Å². The summed E-state index contributed by atoms with van der Waals surface area (Å²) in [5, 5.41) is 3.62. The fourth-order valence-corrected chi connectivity index (χ4v) is 4.20. The second-order valence-corrected chi connectivity index (χ2v) is 5.75. The van der Waals surface area contributed by atoms with Crippen molar-refractivity contribution in [3.05, 3.63) is 33.9 Å². The molecule has 0 spiro atoms. The van der Waals surface area contributed by atoms with E-state index in [9.17, 15) is 9.59 Å². The smallest absolute Gasteiger partial charge is 0.328 e. The number of hydrogen-bond donors (Lipinski definition) is 0. The minimum atomic E-state index is -1.05. The van der Waals surface area contributed by atoms with Gasteiger partial charge in [-0.15, -0.1) is 23.1 Å². The van der Waals surface area contributed by atoms with Crippen LogP contribution in [0.3, 0.4) is 0 Å². The number of methoxy groups -OCH3 is 2. The van der Waals surface area contributed by atoms with E-state index >= 15 is 0 Å². The Morgan fingerprint density at radius 1 is 1.33 bits per heavy atom. The van der Waals surface area contributed by atoms with Gasteiger partial charge in [0.2, 0.25) is 0 Å². The van der Waals surface area contributed by atoms with E-state index in [4.69, 9.17) is 9.47 Å². The molecule has 0 bridgehead atoms. The Morgan fingerprint density at radius 3 is 2.67 bits per heavy atom. The highest BCUT2D eigenvalue weighted by Crippen LogP contribution is 2.51. The molecule has 2 atom stereocenters. The van der Waals surface area contributed by atoms with Gasteiger partial charge in [0.05, 0.1) is 14.2 Å². The minimum absolute atomic E-state index is 0.435. The average Bonchev–Trinajstić information content (AvgIpc) is 3.05. The largest absolute Gasteiger partial charge is 0.469 e. The molecule has 0 amide bonds. The fraction of sp³-hybridized carbons (Fsp3) is 0.333. The number of esters is 2. The molecule has 2 rings (SSSR count). The Bertz CT molecular complexity index is 480. The number of hydrogen-bond acceptors (Lipinski definition) is 6. The van der Waals surface area contributed by atoms with Crippen LogP contribution in [0.2, 0.25) is 0 Å². The Labute approximate surface area is 113 Å². The lowest BCUT2D eigenvalue weighted by Gasteiger charge is -2.29. The second-order valence-electron chi connectivity index (χ2n) is 3.65. The lowest BCUT2D eigenvalue weighted by molar-refractivity contribution is -0.153. The van der Waals surface area contributed by atoms with Crippen LogP contribution in [0, 0.1) is 5.92 Å². The molecular weight excluding hydrogens is 272 g/mol. The number of thiophene rings is 1. The van der Waals surface area contributed by atoms with E-state index in [1.807, 2.05) is 17.5 Å². The Morgan fingerprint density at radius 2 is 2.11 bits per heavy atom. The topological polar surface area (TPSA) is 52.6 Å². The van der Waals surface area contributed by atoms with Crippen molar-refractivity contribution in [3.8, 4) is 0 Å². The average molecular weight is 284 g/mol. The molecule has 0 aromatic carbocycles. The summed E-state index contributed by atoms with van der Waals surface area (Å²) in [5.74, 6) is -1.52. The van der Waals surface area contributed by atoms with Crippen molar-refractivity contribution in [2.75, 3.05) is 14.2 Å². The maximum Gasteiger partial charge on any atom is 0.328 e. The van der Waals surface area contributed by atoms with E-state index in [0.717, 1.165) is 4.88 Å². The molecule has 6 heteroatoms. The van der Waals surface area contributed by atoms with Crippen molar-refractivity contribution < 1.29 is 19.1 Å². The lowest BCUT2D eigenvalue weighted by Crippen LogP contribution is -2.41. The molecule has 0 saturated carbocycles. The summed E-state index contributed by atoms with van der Waals surface area (Å²) < 4.78 is 8.62. The van der Waals surface area contributed by atoms with E-state index in [0.29, 0.717) is 0 Å². The number of rotatable bonds is 3. The highest BCUT2D eigenvalue weighted by atomic mass is 32.2. The van der Waals surface area contributed by atoms with Gasteiger partial charge in [-0.2, -0.15) is 0 Å². The molecule has 2 unspecified atom stereocenters. The Hall–Kier alpha value is -1.27. The predicted octanol–water partition coefficient (Wildman–Crippen LogP) is 2.17. The maximum atomic E-state index is 12.2.